The van der Waals surface area contributed by atoms with Crippen LogP contribution in [0.1, 0.15) is 6.92 Å². The van der Waals surface area contributed by atoms with Crippen LogP contribution in [0.3, 0.4) is 0 Å². The van der Waals surface area contributed by atoms with Crippen LogP contribution in [0.4, 0.5) is 0 Å². The Labute approximate surface area is 146 Å². The van der Waals surface area contributed by atoms with Gasteiger partial charge in [-0.3, -0.25) is 4.79 Å². The van der Waals surface area contributed by atoms with Gasteiger partial charge in [0.05, 0.1) is 5.02 Å². The third-order valence-electron chi connectivity index (χ3n) is 2.58. The summed E-state index contributed by atoms with van der Waals surface area (Å²) in [4.78, 5) is 10.9. The van der Waals surface area contributed by atoms with E-state index in [1.54, 1.807) is 31.2 Å². The van der Waals surface area contributed by atoms with Crippen LogP contribution in [0, 0.1) is 3.57 Å². The van der Waals surface area contributed by atoms with Crippen LogP contribution in [0.5, 0.6) is 17.2 Å². The minimum absolute atomic E-state index is 0.539. The number of carbonyl (C=O) groups excluding carboxylic acids is 1. The molecule has 0 spiro atoms. The third-order valence-corrected chi connectivity index (χ3v) is 3.85. The Balaban J connectivity index is 2.07. The van der Waals surface area contributed by atoms with Crippen molar-refractivity contribution in [2.45, 2.75) is 13.0 Å². The fraction of sp³-hybridized carbons (Fsp3) is 0.133. The van der Waals surface area contributed by atoms with Crippen molar-refractivity contribution in [3.8, 4) is 17.2 Å². The van der Waals surface area contributed by atoms with Gasteiger partial charge in [-0.05, 0) is 83.6 Å². The second-order valence-electron chi connectivity index (χ2n) is 4.21. The first-order chi connectivity index (χ1) is 9.95. The van der Waals surface area contributed by atoms with Crippen molar-refractivity contribution in [1.29, 1.82) is 0 Å². The van der Waals surface area contributed by atoms with E-state index < -0.39 is 11.3 Å². The first-order valence-corrected chi connectivity index (χ1v) is 7.88. The molecule has 0 amide bonds. The number of carbonyl (C=O) groups is 1. The van der Waals surface area contributed by atoms with Crippen molar-refractivity contribution in [3.63, 3.8) is 0 Å². The Morgan fingerprint density at radius 3 is 2.33 bits per heavy atom. The lowest BCUT2D eigenvalue weighted by atomic mass is 10.3. The van der Waals surface area contributed by atoms with Crippen LogP contribution in [0.25, 0.3) is 0 Å². The maximum atomic E-state index is 10.9. The zero-order valence-electron chi connectivity index (χ0n) is 11.0. The fourth-order valence-corrected chi connectivity index (χ4v) is 2.46. The van der Waals surface area contributed by atoms with E-state index >= 15 is 0 Å². The van der Waals surface area contributed by atoms with Gasteiger partial charge in [0.2, 0.25) is 0 Å². The van der Waals surface area contributed by atoms with E-state index in [0.29, 0.717) is 22.3 Å². The van der Waals surface area contributed by atoms with Gasteiger partial charge >= 0.3 is 0 Å². The van der Waals surface area contributed by atoms with Gasteiger partial charge in [0.1, 0.15) is 17.2 Å². The summed E-state index contributed by atoms with van der Waals surface area (Å²) >= 11 is 13.6. The van der Waals surface area contributed by atoms with Crippen LogP contribution in [-0.4, -0.2) is 11.3 Å². The smallest absolute Gasteiger partial charge is 0.262 e. The van der Waals surface area contributed by atoms with Crippen molar-refractivity contribution < 1.29 is 14.3 Å². The Morgan fingerprint density at radius 2 is 1.76 bits per heavy atom. The highest BCUT2D eigenvalue weighted by Gasteiger charge is 2.11. The predicted molar refractivity (Wildman–Crippen MR) is 91.6 cm³/mol. The van der Waals surface area contributed by atoms with Gasteiger partial charge < -0.3 is 9.47 Å². The molecule has 0 radical (unpaired) electrons. The minimum atomic E-state index is -0.691. The quantitative estimate of drug-likeness (QED) is 0.473. The number of halogens is 3. The van der Waals surface area contributed by atoms with Crippen molar-refractivity contribution in [1.82, 2.24) is 0 Å². The van der Waals surface area contributed by atoms with E-state index in [-0.39, 0.29) is 0 Å². The molecule has 21 heavy (non-hydrogen) atoms. The molecule has 110 valence electrons. The van der Waals surface area contributed by atoms with Gasteiger partial charge in [-0.2, -0.15) is 0 Å². The summed E-state index contributed by atoms with van der Waals surface area (Å²) in [5.74, 6) is 1.74. The molecule has 2 aromatic carbocycles. The summed E-state index contributed by atoms with van der Waals surface area (Å²) in [7, 11) is 0. The summed E-state index contributed by atoms with van der Waals surface area (Å²) in [5.41, 5.74) is 0. The topological polar surface area (TPSA) is 35.5 Å². The largest absolute Gasteiger partial charge is 0.482 e. The van der Waals surface area contributed by atoms with Crippen LogP contribution < -0.4 is 9.47 Å². The van der Waals surface area contributed by atoms with Crippen molar-refractivity contribution in [2.24, 2.45) is 0 Å². The highest BCUT2D eigenvalue weighted by atomic mass is 127. The minimum Gasteiger partial charge on any atom is -0.482 e. The Bertz CT molecular complexity index is 644. The SMILES string of the molecule is C[C@@H](Oc1ccc(Oc2ccc(I)cc2Cl)cc1)C(=O)Cl. The van der Waals surface area contributed by atoms with E-state index in [0.717, 1.165) is 3.57 Å². The first kappa shape index (κ1) is 16.4. The lowest BCUT2D eigenvalue weighted by Gasteiger charge is -2.12. The molecule has 0 aliphatic carbocycles. The standard InChI is InChI=1S/C15H11Cl2IO3/c1-9(15(17)19)20-11-3-5-12(6-4-11)21-14-7-2-10(18)8-13(14)16/h2-9H,1H3/t9-/m1/s1. The number of benzene rings is 2. The van der Waals surface area contributed by atoms with Crippen molar-refractivity contribution in [2.75, 3.05) is 0 Å². The zero-order valence-corrected chi connectivity index (χ0v) is 14.6. The zero-order chi connectivity index (χ0) is 15.4. The van der Waals surface area contributed by atoms with Crippen LogP contribution in [-0.2, 0) is 4.79 Å². The van der Waals surface area contributed by atoms with Gasteiger partial charge in [-0.1, -0.05) is 11.6 Å². The van der Waals surface area contributed by atoms with Gasteiger partial charge in [0, 0.05) is 3.57 Å². The van der Waals surface area contributed by atoms with Gasteiger partial charge in [0.15, 0.2) is 6.10 Å². The number of rotatable bonds is 5. The second kappa shape index (κ2) is 7.33. The molecule has 0 bridgehead atoms. The summed E-state index contributed by atoms with van der Waals surface area (Å²) < 4.78 is 12.1. The molecule has 0 saturated heterocycles. The van der Waals surface area contributed by atoms with Gasteiger partial charge in [0.25, 0.3) is 5.24 Å². The summed E-state index contributed by atoms with van der Waals surface area (Å²) in [5, 5.41) is 0.00424. The third kappa shape index (κ3) is 4.76. The predicted octanol–water partition coefficient (Wildman–Crippen LogP) is 5.27. The monoisotopic (exact) mass is 436 g/mol. The van der Waals surface area contributed by atoms with E-state index in [1.807, 2.05) is 18.2 Å². The van der Waals surface area contributed by atoms with Gasteiger partial charge in [-0.15, -0.1) is 0 Å². The molecule has 0 unspecified atom stereocenters. The maximum Gasteiger partial charge on any atom is 0.262 e. The summed E-state index contributed by atoms with van der Waals surface area (Å²) in [6.07, 6.45) is -0.691. The van der Waals surface area contributed by atoms with E-state index in [4.69, 9.17) is 32.7 Å². The second-order valence-corrected chi connectivity index (χ2v) is 6.24. The van der Waals surface area contributed by atoms with Crippen molar-refractivity contribution >= 4 is 51.0 Å². The van der Waals surface area contributed by atoms with E-state index in [9.17, 15) is 4.79 Å². The van der Waals surface area contributed by atoms with E-state index in [1.165, 1.54) is 0 Å². The average Bonchev–Trinajstić information content (AvgIpc) is 2.43. The molecule has 0 heterocycles. The molecule has 0 N–H and O–H groups in total. The van der Waals surface area contributed by atoms with Gasteiger partial charge in [-0.25, -0.2) is 0 Å². The van der Waals surface area contributed by atoms with Crippen LogP contribution in [0.2, 0.25) is 5.02 Å². The van der Waals surface area contributed by atoms with Crippen LogP contribution in [0.15, 0.2) is 42.5 Å². The number of hydrogen-bond acceptors (Lipinski definition) is 3. The molecule has 2 rings (SSSR count). The molecule has 0 aliphatic rings. The molecule has 0 aromatic heterocycles. The van der Waals surface area contributed by atoms with E-state index in [2.05, 4.69) is 22.6 Å². The molecule has 6 heteroatoms. The lowest BCUT2D eigenvalue weighted by molar-refractivity contribution is -0.117. The molecule has 1 atom stereocenters. The average molecular weight is 437 g/mol. The normalized spacial score (nSPS) is 11.8. The molecule has 3 nitrogen and oxygen atoms in total. The van der Waals surface area contributed by atoms with Crippen LogP contribution >= 0.6 is 45.8 Å². The molecule has 2 aromatic rings. The fourth-order valence-electron chi connectivity index (χ4n) is 1.52. The molecule has 0 saturated carbocycles. The molecule has 0 fully saturated rings. The molecule has 0 aliphatic heterocycles. The highest BCUT2D eigenvalue weighted by Crippen LogP contribution is 2.31. The summed E-state index contributed by atoms with van der Waals surface area (Å²) in [6, 6.07) is 12.4. The Morgan fingerprint density at radius 1 is 1.14 bits per heavy atom. The molecular formula is C15H11Cl2IO3. The maximum absolute atomic E-state index is 10.9. The lowest BCUT2D eigenvalue weighted by Crippen LogP contribution is -2.18. The highest BCUT2D eigenvalue weighted by molar-refractivity contribution is 14.1. The Kier molecular flexibility index (Phi) is 5.72. The summed E-state index contributed by atoms with van der Waals surface area (Å²) in [6.45, 7) is 1.59. The Hall–Kier alpha value is -0.980. The molecular weight excluding hydrogens is 426 g/mol. The first-order valence-electron chi connectivity index (χ1n) is 6.04. The van der Waals surface area contributed by atoms with Crippen molar-refractivity contribution in [3.05, 3.63) is 51.1 Å². The number of hydrogen-bond donors (Lipinski definition) is 0. The number of ether oxygens (including phenoxy) is 2.